The molecule has 0 spiro atoms. The van der Waals surface area contributed by atoms with Crippen molar-refractivity contribution in [3.05, 3.63) is 54.4 Å². The van der Waals surface area contributed by atoms with Crippen LogP contribution in [0.25, 0.3) is 0 Å². The fourth-order valence-corrected chi connectivity index (χ4v) is 1.81. The molecule has 0 bridgehead atoms. The molecule has 14 heavy (non-hydrogen) atoms. The monoisotopic (exact) mass is 184 g/mol. The van der Waals surface area contributed by atoms with Gasteiger partial charge in [-0.15, -0.1) is 0 Å². The van der Waals surface area contributed by atoms with Gasteiger partial charge in [0.1, 0.15) is 5.75 Å². The van der Waals surface area contributed by atoms with E-state index < -0.39 is 0 Å². The van der Waals surface area contributed by atoms with Crippen molar-refractivity contribution in [1.82, 2.24) is 4.57 Å². The Balaban J connectivity index is 1.92. The first-order valence-corrected chi connectivity index (χ1v) is 4.72. The Hall–Kier alpha value is -1.70. The molecule has 2 heteroatoms. The zero-order chi connectivity index (χ0) is 9.38. The van der Waals surface area contributed by atoms with Gasteiger partial charge in [0.25, 0.3) is 0 Å². The maximum absolute atomic E-state index is 5.78. The van der Waals surface area contributed by atoms with Crippen molar-refractivity contribution in [1.29, 1.82) is 0 Å². The SMILES string of the molecule is [c]1cccn1C1Cc2ccccc2O1. The minimum Gasteiger partial charge on any atom is -0.470 e. The molecule has 0 N–H and O–H groups in total. The second-order valence-electron chi connectivity index (χ2n) is 3.43. The van der Waals surface area contributed by atoms with Crippen LogP contribution in [0.2, 0.25) is 0 Å². The van der Waals surface area contributed by atoms with Gasteiger partial charge in [0.2, 0.25) is 0 Å². The Morgan fingerprint density at radius 1 is 1.29 bits per heavy atom. The van der Waals surface area contributed by atoms with Crippen molar-refractivity contribution in [3.63, 3.8) is 0 Å². The second-order valence-corrected chi connectivity index (χ2v) is 3.43. The Kier molecular flexibility index (Phi) is 1.60. The van der Waals surface area contributed by atoms with Gasteiger partial charge in [0, 0.05) is 12.6 Å². The third kappa shape index (κ3) is 1.11. The number of aromatic nitrogens is 1. The van der Waals surface area contributed by atoms with Crippen molar-refractivity contribution in [2.45, 2.75) is 12.6 Å². The van der Waals surface area contributed by atoms with Gasteiger partial charge < -0.3 is 9.30 Å². The van der Waals surface area contributed by atoms with Crippen LogP contribution in [-0.4, -0.2) is 4.57 Å². The van der Waals surface area contributed by atoms with Gasteiger partial charge in [-0.1, -0.05) is 18.2 Å². The molecule has 1 unspecified atom stereocenters. The molecule has 0 fully saturated rings. The molecule has 69 valence electrons. The number of hydrogen-bond acceptors (Lipinski definition) is 1. The van der Waals surface area contributed by atoms with Crippen LogP contribution < -0.4 is 4.74 Å². The summed E-state index contributed by atoms with van der Waals surface area (Å²) >= 11 is 0. The summed E-state index contributed by atoms with van der Waals surface area (Å²) in [6.07, 6.45) is 6.11. The van der Waals surface area contributed by atoms with Crippen molar-refractivity contribution in [3.8, 4) is 5.75 Å². The summed E-state index contributed by atoms with van der Waals surface area (Å²) in [5, 5.41) is 0. The highest BCUT2D eigenvalue weighted by atomic mass is 16.5. The summed E-state index contributed by atoms with van der Waals surface area (Å²) in [6, 6.07) is 12.0. The van der Waals surface area contributed by atoms with E-state index in [0.29, 0.717) is 0 Å². The van der Waals surface area contributed by atoms with E-state index in [9.17, 15) is 0 Å². The Labute approximate surface area is 82.7 Å². The number of hydrogen-bond donors (Lipinski definition) is 0. The largest absolute Gasteiger partial charge is 0.470 e. The van der Waals surface area contributed by atoms with E-state index in [2.05, 4.69) is 12.3 Å². The Morgan fingerprint density at radius 3 is 3.00 bits per heavy atom. The van der Waals surface area contributed by atoms with Crippen LogP contribution in [0, 0.1) is 6.20 Å². The second kappa shape index (κ2) is 2.91. The first kappa shape index (κ1) is 7.68. The van der Waals surface area contributed by atoms with Crippen LogP contribution in [0.1, 0.15) is 11.8 Å². The quantitative estimate of drug-likeness (QED) is 0.664. The van der Waals surface area contributed by atoms with Gasteiger partial charge in [0.15, 0.2) is 6.23 Å². The first-order chi connectivity index (χ1) is 6.93. The number of rotatable bonds is 1. The van der Waals surface area contributed by atoms with Crippen LogP contribution in [-0.2, 0) is 6.42 Å². The standard InChI is InChI=1S/C12H10NO/c1-2-6-11-10(5-1)9-12(14-11)13-7-3-4-8-13/h1-7,12H,9H2. The highest BCUT2D eigenvalue weighted by Crippen LogP contribution is 2.32. The van der Waals surface area contributed by atoms with Crippen LogP contribution in [0.3, 0.4) is 0 Å². The van der Waals surface area contributed by atoms with E-state index in [4.69, 9.17) is 4.74 Å². The summed E-state index contributed by atoms with van der Waals surface area (Å²) in [4.78, 5) is 0. The van der Waals surface area contributed by atoms with E-state index in [1.54, 1.807) is 0 Å². The van der Waals surface area contributed by atoms with Crippen LogP contribution in [0.4, 0.5) is 0 Å². The minimum absolute atomic E-state index is 0.0856. The van der Waals surface area contributed by atoms with Gasteiger partial charge in [-0.25, -0.2) is 0 Å². The summed E-state index contributed by atoms with van der Waals surface area (Å²) < 4.78 is 7.76. The Morgan fingerprint density at radius 2 is 2.21 bits per heavy atom. The molecule has 0 saturated carbocycles. The summed E-state index contributed by atoms with van der Waals surface area (Å²) in [6.45, 7) is 0. The molecule has 1 aliphatic heterocycles. The van der Waals surface area contributed by atoms with E-state index in [-0.39, 0.29) is 6.23 Å². The predicted octanol–water partition coefficient (Wildman–Crippen LogP) is 2.42. The number of fused-ring (bicyclic) bond motifs is 1. The highest BCUT2D eigenvalue weighted by molar-refractivity contribution is 5.36. The molecule has 2 heterocycles. The summed E-state index contributed by atoms with van der Waals surface area (Å²) in [5.74, 6) is 1.000. The summed E-state index contributed by atoms with van der Waals surface area (Å²) in [7, 11) is 0. The van der Waals surface area contributed by atoms with Crippen LogP contribution in [0.5, 0.6) is 5.75 Å². The van der Waals surface area contributed by atoms with E-state index in [1.807, 2.05) is 41.1 Å². The highest BCUT2D eigenvalue weighted by Gasteiger charge is 2.22. The number of nitrogens with zero attached hydrogens (tertiary/aromatic N) is 1. The zero-order valence-corrected chi connectivity index (χ0v) is 7.68. The molecule has 1 aliphatic rings. The van der Waals surface area contributed by atoms with Gasteiger partial charge >= 0.3 is 0 Å². The molecule has 2 aromatic rings. The fourth-order valence-electron chi connectivity index (χ4n) is 1.81. The molecule has 1 atom stereocenters. The third-order valence-electron chi connectivity index (χ3n) is 2.51. The summed E-state index contributed by atoms with van der Waals surface area (Å²) in [5.41, 5.74) is 1.28. The number of para-hydroxylation sites is 1. The Bertz CT molecular complexity index is 408. The van der Waals surface area contributed by atoms with E-state index in [0.717, 1.165) is 12.2 Å². The van der Waals surface area contributed by atoms with Crippen molar-refractivity contribution >= 4 is 0 Å². The minimum atomic E-state index is 0.0856. The van der Waals surface area contributed by atoms with Crippen LogP contribution >= 0.6 is 0 Å². The maximum Gasteiger partial charge on any atom is 0.180 e. The fraction of sp³-hybridized carbons (Fsp3) is 0.167. The van der Waals surface area contributed by atoms with Gasteiger partial charge in [-0.05, 0) is 23.8 Å². The smallest absolute Gasteiger partial charge is 0.180 e. The molecule has 2 nitrogen and oxygen atoms in total. The van der Waals surface area contributed by atoms with Gasteiger partial charge in [0.05, 0.1) is 6.20 Å². The average molecular weight is 184 g/mol. The van der Waals surface area contributed by atoms with Gasteiger partial charge in [-0.3, -0.25) is 0 Å². The number of ether oxygens (including phenoxy) is 1. The first-order valence-electron chi connectivity index (χ1n) is 4.72. The third-order valence-corrected chi connectivity index (χ3v) is 2.51. The molecule has 0 saturated heterocycles. The molecule has 1 aromatic heterocycles. The zero-order valence-electron chi connectivity index (χ0n) is 7.68. The molecule has 0 amide bonds. The van der Waals surface area contributed by atoms with Crippen LogP contribution in [0.15, 0.2) is 42.6 Å². The molecular weight excluding hydrogens is 174 g/mol. The lowest BCUT2D eigenvalue weighted by atomic mass is 10.1. The molecule has 3 rings (SSSR count). The normalized spacial score (nSPS) is 19.0. The molecule has 1 aromatic carbocycles. The average Bonchev–Trinajstić information content (AvgIpc) is 2.86. The molecular formula is C12H10NO. The van der Waals surface area contributed by atoms with E-state index in [1.165, 1.54) is 5.56 Å². The van der Waals surface area contributed by atoms with Crippen molar-refractivity contribution in [2.75, 3.05) is 0 Å². The van der Waals surface area contributed by atoms with Crippen molar-refractivity contribution < 1.29 is 4.74 Å². The number of benzene rings is 1. The van der Waals surface area contributed by atoms with E-state index >= 15 is 0 Å². The lowest BCUT2D eigenvalue weighted by Crippen LogP contribution is -2.10. The maximum atomic E-state index is 5.78. The molecule has 0 aliphatic carbocycles. The lowest BCUT2D eigenvalue weighted by molar-refractivity contribution is 0.160. The molecule has 1 radical (unpaired) electrons. The predicted molar refractivity (Wildman–Crippen MR) is 53.1 cm³/mol. The lowest BCUT2D eigenvalue weighted by Gasteiger charge is -2.11. The van der Waals surface area contributed by atoms with Crippen molar-refractivity contribution in [2.24, 2.45) is 0 Å². The topological polar surface area (TPSA) is 14.2 Å². The van der Waals surface area contributed by atoms with Gasteiger partial charge in [-0.2, -0.15) is 0 Å².